The molecule has 2 heterocycles. The minimum Gasteiger partial charge on any atom is -0.381 e. The molecule has 19 heavy (non-hydrogen) atoms. The van der Waals surface area contributed by atoms with Gasteiger partial charge in [0, 0.05) is 24.6 Å². The molecule has 0 bridgehead atoms. The van der Waals surface area contributed by atoms with Gasteiger partial charge in [-0.2, -0.15) is 0 Å². The summed E-state index contributed by atoms with van der Waals surface area (Å²) in [4.78, 5) is 11.5. The molecule has 2 unspecified atom stereocenters. The molecule has 4 heteroatoms. The van der Waals surface area contributed by atoms with Crippen LogP contribution in [0.1, 0.15) is 35.8 Å². The Kier molecular flexibility index (Phi) is 3.76. The first-order valence-corrected chi connectivity index (χ1v) is 7.32. The van der Waals surface area contributed by atoms with Crippen molar-refractivity contribution in [2.75, 3.05) is 18.5 Å². The molecule has 0 aromatic heterocycles. The van der Waals surface area contributed by atoms with Crippen LogP contribution in [0.25, 0.3) is 0 Å². The van der Waals surface area contributed by atoms with Gasteiger partial charge in [0.05, 0.1) is 12.0 Å². The van der Waals surface area contributed by atoms with Crippen LogP contribution in [0.5, 0.6) is 0 Å². The number of rotatable bonds is 2. The van der Waals surface area contributed by atoms with Gasteiger partial charge in [0.15, 0.2) is 0 Å². The molecule has 3 rings (SSSR count). The first-order chi connectivity index (χ1) is 9.24. The summed E-state index contributed by atoms with van der Waals surface area (Å²) in [5.41, 5.74) is 3.29. The van der Waals surface area contributed by atoms with Crippen molar-refractivity contribution in [2.45, 2.75) is 31.1 Å². The van der Waals surface area contributed by atoms with Crippen molar-refractivity contribution in [3.63, 3.8) is 0 Å². The zero-order valence-corrected chi connectivity index (χ0v) is 11.6. The second kappa shape index (κ2) is 5.51. The smallest absolute Gasteiger partial charge is 0.224 e. The van der Waals surface area contributed by atoms with Crippen LogP contribution in [0.2, 0.25) is 0 Å². The third-order valence-electron chi connectivity index (χ3n) is 3.95. The van der Waals surface area contributed by atoms with Gasteiger partial charge in [0.1, 0.15) is 0 Å². The molecule has 1 aromatic rings. The molecule has 0 spiro atoms. The average Bonchev–Trinajstić information content (AvgIpc) is 2.87. The van der Waals surface area contributed by atoms with Crippen LogP contribution in [-0.2, 0) is 16.0 Å². The molecule has 1 N–H and O–H groups in total. The lowest BCUT2D eigenvalue weighted by Crippen LogP contribution is -2.10. The predicted octanol–water partition coefficient (Wildman–Crippen LogP) is 3.28. The second-order valence-electron chi connectivity index (χ2n) is 5.34. The van der Waals surface area contributed by atoms with Crippen molar-refractivity contribution >= 4 is 23.2 Å². The van der Waals surface area contributed by atoms with Gasteiger partial charge < -0.3 is 10.1 Å². The number of carbonyl (C=O) groups excluding carboxylic acids is 1. The van der Waals surface area contributed by atoms with Gasteiger partial charge in [0.2, 0.25) is 5.91 Å². The Hall–Kier alpha value is -1.06. The highest BCUT2D eigenvalue weighted by Crippen LogP contribution is 2.36. The summed E-state index contributed by atoms with van der Waals surface area (Å²) >= 11 is 6.56. The van der Waals surface area contributed by atoms with E-state index >= 15 is 0 Å². The highest BCUT2D eigenvalue weighted by molar-refractivity contribution is 6.21. The molecule has 1 saturated heterocycles. The lowest BCUT2D eigenvalue weighted by Gasteiger charge is -2.17. The Morgan fingerprint density at radius 1 is 1.37 bits per heavy atom. The maximum absolute atomic E-state index is 11.5. The molecule has 1 aromatic carbocycles. The van der Waals surface area contributed by atoms with Crippen LogP contribution < -0.4 is 5.32 Å². The topological polar surface area (TPSA) is 38.3 Å². The summed E-state index contributed by atoms with van der Waals surface area (Å²) in [6.45, 7) is 1.57. The predicted molar refractivity (Wildman–Crippen MR) is 75.5 cm³/mol. The zero-order chi connectivity index (χ0) is 13.2. The normalized spacial score (nSPS) is 24.5. The molecule has 0 saturated carbocycles. The summed E-state index contributed by atoms with van der Waals surface area (Å²) in [5.74, 6) is 0.512. The quantitative estimate of drug-likeness (QED) is 0.844. The first kappa shape index (κ1) is 12.9. The maximum atomic E-state index is 11.5. The molecule has 0 radical (unpaired) electrons. The second-order valence-corrected chi connectivity index (χ2v) is 5.81. The number of amides is 1. The largest absolute Gasteiger partial charge is 0.381 e. The SMILES string of the molecule is O=C1CCCc2cc(C(Cl)C3CCOC3)ccc2N1. The maximum Gasteiger partial charge on any atom is 0.224 e. The number of benzene rings is 1. The molecule has 2 aliphatic heterocycles. The molecule has 3 nitrogen and oxygen atoms in total. The van der Waals surface area contributed by atoms with E-state index in [1.807, 2.05) is 12.1 Å². The van der Waals surface area contributed by atoms with E-state index in [4.69, 9.17) is 16.3 Å². The number of hydrogen-bond acceptors (Lipinski definition) is 2. The van der Waals surface area contributed by atoms with E-state index in [0.717, 1.165) is 43.7 Å². The van der Waals surface area contributed by atoms with Crippen molar-refractivity contribution in [3.05, 3.63) is 29.3 Å². The lowest BCUT2D eigenvalue weighted by atomic mass is 9.95. The Balaban J connectivity index is 1.84. The number of anilines is 1. The van der Waals surface area contributed by atoms with Gasteiger partial charge in [-0.15, -0.1) is 11.6 Å². The molecule has 0 aliphatic carbocycles. The van der Waals surface area contributed by atoms with Gasteiger partial charge in [-0.1, -0.05) is 12.1 Å². The summed E-state index contributed by atoms with van der Waals surface area (Å²) in [6, 6.07) is 6.16. The third-order valence-corrected chi connectivity index (χ3v) is 4.56. The number of hydrogen-bond donors (Lipinski definition) is 1. The highest BCUT2D eigenvalue weighted by Gasteiger charge is 2.26. The Morgan fingerprint density at radius 3 is 3.05 bits per heavy atom. The number of alkyl halides is 1. The molecular formula is C15H18ClNO2. The van der Waals surface area contributed by atoms with E-state index < -0.39 is 0 Å². The van der Waals surface area contributed by atoms with Crippen LogP contribution in [0.4, 0.5) is 5.69 Å². The van der Waals surface area contributed by atoms with Crippen molar-refractivity contribution in [2.24, 2.45) is 5.92 Å². The van der Waals surface area contributed by atoms with Gasteiger partial charge in [-0.3, -0.25) is 4.79 Å². The molecule has 2 aliphatic rings. The number of ether oxygens (including phenoxy) is 1. The van der Waals surface area contributed by atoms with E-state index in [1.165, 1.54) is 5.56 Å². The van der Waals surface area contributed by atoms with E-state index in [9.17, 15) is 4.79 Å². The minimum atomic E-state index is 0.00625. The minimum absolute atomic E-state index is 0.00625. The van der Waals surface area contributed by atoms with Crippen molar-refractivity contribution in [1.82, 2.24) is 0 Å². The summed E-state index contributed by atoms with van der Waals surface area (Å²) in [7, 11) is 0. The van der Waals surface area contributed by atoms with Crippen LogP contribution in [0, 0.1) is 5.92 Å². The first-order valence-electron chi connectivity index (χ1n) is 6.88. The van der Waals surface area contributed by atoms with E-state index in [2.05, 4.69) is 11.4 Å². The fourth-order valence-corrected chi connectivity index (χ4v) is 3.16. The number of fused-ring (bicyclic) bond motifs is 1. The number of halogens is 1. The Bertz CT molecular complexity index is 483. The van der Waals surface area contributed by atoms with Gasteiger partial charge in [-0.05, 0) is 36.5 Å². The molecular weight excluding hydrogens is 262 g/mol. The fourth-order valence-electron chi connectivity index (χ4n) is 2.82. The Morgan fingerprint density at radius 2 is 2.26 bits per heavy atom. The standard InChI is InChI=1S/C15H18ClNO2/c16-15(12-6-7-19-9-12)11-4-5-13-10(8-11)2-1-3-14(18)17-13/h4-5,8,12,15H,1-3,6-7,9H2,(H,17,18). The third kappa shape index (κ3) is 2.77. The van der Waals surface area contributed by atoms with Crippen LogP contribution in [-0.4, -0.2) is 19.1 Å². The van der Waals surface area contributed by atoms with E-state index in [0.29, 0.717) is 12.3 Å². The number of nitrogens with one attached hydrogen (secondary N) is 1. The summed E-state index contributed by atoms with van der Waals surface area (Å²) in [6.07, 6.45) is 3.47. The Labute approximate surface area is 118 Å². The van der Waals surface area contributed by atoms with Crippen molar-refractivity contribution < 1.29 is 9.53 Å². The average molecular weight is 280 g/mol. The van der Waals surface area contributed by atoms with Gasteiger partial charge >= 0.3 is 0 Å². The monoisotopic (exact) mass is 279 g/mol. The van der Waals surface area contributed by atoms with E-state index in [1.54, 1.807) is 0 Å². The molecule has 1 fully saturated rings. The van der Waals surface area contributed by atoms with Crippen LogP contribution in [0.3, 0.4) is 0 Å². The van der Waals surface area contributed by atoms with Crippen LogP contribution >= 0.6 is 11.6 Å². The highest BCUT2D eigenvalue weighted by atomic mass is 35.5. The van der Waals surface area contributed by atoms with Crippen molar-refractivity contribution in [1.29, 1.82) is 0 Å². The van der Waals surface area contributed by atoms with Crippen molar-refractivity contribution in [3.8, 4) is 0 Å². The molecule has 102 valence electrons. The number of aryl methyl sites for hydroxylation is 1. The molecule has 1 amide bonds. The van der Waals surface area contributed by atoms with Crippen LogP contribution in [0.15, 0.2) is 18.2 Å². The van der Waals surface area contributed by atoms with E-state index in [-0.39, 0.29) is 11.3 Å². The number of carbonyl (C=O) groups is 1. The zero-order valence-electron chi connectivity index (χ0n) is 10.8. The van der Waals surface area contributed by atoms with Gasteiger partial charge in [0.25, 0.3) is 0 Å². The lowest BCUT2D eigenvalue weighted by molar-refractivity contribution is -0.116. The summed E-state index contributed by atoms with van der Waals surface area (Å²) in [5, 5.41) is 2.96. The summed E-state index contributed by atoms with van der Waals surface area (Å²) < 4.78 is 5.40. The fraction of sp³-hybridized carbons (Fsp3) is 0.533. The van der Waals surface area contributed by atoms with Gasteiger partial charge in [-0.25, -0.2) is 0 Å². The molecule has 2 atom stereocenters.